The molecule has 0 radical (unpaired) electrons. The molecule has 4 rings (SSSR count). The summed E-state index contributed by atoms with van der Waals surface area (Å²) in [6, 6.07) is 21.8. The molecule has 0 fully saturated rings. The standard InChI is InChI=1S/C18H13BO3/c20-19-22-13-6-3-5-12(11-13)14-8-4-9-16-15-7-1-2-10-17(15)21-18(14)16/h1-11,19-20H. The molecule has 0 saturated carbocycles. The van der Waals surface area contributed by atoms with Gasteiger partial charge in [0, 0.05) is 16.3 Å². The monoisotopic (exact) mass is 288 g/mol. The molecule has 1 aromatic heterocycles. The number of rotatable bonds is 3. The van der Waals surface area contributed by atoms with Crippen molar-refractivity contribution < 1.29 is 14.1 Å². The highest BCUT2D eigenvalue weighted by atomic mass is 16.5. The van der Waals surface area contributed by atoms with E-state index in [4.69, 9.17) is 14.1 Å². The highest BCUT2D eigenvalue weighted by Crippen LogP contribution is 2.36. The lowest BCUT2D eigenvalue weighted by Gasteiger charge is -2.06. The number of fused-ring (bicyclic) bond motifs is 3. The Balaban J connectivity index is 1.97. The van der Waals surface area contributed by atoms with Gasteiger partial charge in [0.15, 0.2) is 0 Å². The molecule has 0 aliphatic carbocycles. The van der Waals surface area contributed by atoms with Gasteiger partial charge in [0.1, 0.15) is 16.9 Å². The van der Waals surface area contributed by atoms with Gasteiger partial charge in [0.25, 0.3) is 0 Å². The van der Waals surface area contributed by atoms with Gasteiger partial charge in [0.05, 0.1) is 0 Å². The number of benzene rings is 3. The molecule has 1 N–H and O–H groups in total. The van der Waals surface area contributed by atoms with Gasteiger partial charge in [-0.05, 0) is 23.8 Å². The molecule has 1 heterocycles. The molecule has 0 saturated heterocycles. The highest BCUT2D eigenvalue weighted by Gasteiger charge is 2.11. The van der Waals surface area contributed by atoms with Crippen LogP contribution in [0.25, 0.3) is 33.1 Å². The molecule has 0 unspecified atom stereocenters. The molecule has 4 aromatic rings. The van der Waals surface area contributed by atoms with Crippen LogP contribution in [-0.4, -0.2) is 12.7 Å². The van der Waals surface area contributed by atoms with E-state index < -0.39 is 0 Å². The second kappa shape index (κ2) is 5.24. The minimum Gasteiger partial charge on any atom is -0.539 e. The first-order chi connectivity index (χ1) is 10.9. The van der Waals surface area contributed by atoms with Crippen LogP contribution in [0.2, 0.25) is 0 Å². The first-order valence-electron chi connectivity index (χ1n) is 7.11. The molecular formula is C18H13BO3. The summed E-state index contributed by atoms with van der Waals surface area (Å²) < 4.78 is 11.2. The third-order valence-corrected chi connectivity index (χ3v) is 3.78. The van der Waals surface area contributed by atoms with Crippen LogP contribution in [0.1, 0.15) is 0 Å². The van der Waals surface area contributed by atoms with Crippen molar-refractivity contribution >= 4 is 29.6 Å². The zero-order valence-electron chi connectivity index (χ0n) is 11.8. The van der Waals surface area contributed by atoms with Crippen molar-refractivity contribution in [3.63, 3.8) is 0 Å². The normalized spacial score (nSPS) is 11.0. The fraction of sp³-hybridized carbons (Fsp3) is 0. The van der Waals surface area contributed by atoms with Crippen LogP contribution in [0.15, 0.2) is 71.1 Å². The van der Waals surface area contributed by atoms with Crippen LogP contribution in [-0.2, 0) is 0 Å². The lowest BCUT2D eigenvalue weighted by atomic mass is 10.0. The number of hydrogen-bond donors (Lipinski definition) is 1. The molecule has 22 heavy (non-hydrogen) atoms. The smallest absolute Gasteiger partial charge is 0.504 e. The summed E-state index contributed by atoms with van der Waals surface area (Å²) in [6.07, 6.45) is 0. The largest absolute Gasteiger partial charge is 0.539 e. The summed E-state index contributed by atoms with van der Waals surface area (Å²) in [5, 5.41) is 11.1. The zero-order valence-corrected chi connectivity index (χ0v) is 11.8. The second-order valence-electron chi connectivity index (χ2n) is 5.08. The number of para-hydroxylation sites is 2. The number of hydrogen-bond acceptors (Lipinski definition) is 3. The van der Waals surface area contributed by atoms with Gasteiger partial charge in [-0.25, -0.2) is 0 Å². The van der Waals surface area contributed by atoms with Crippen molar-refractivity contribution in [2.75, 3.05) is 0 Å². The third kappa shape index (κ3) is 2.05. The Labute approximate surface area is 128 Å². The lowest BCUT2D eigenvalue weighted by Crippen LogP contribution is -1.99. The van der Waals surface area contributed by atoms with Crippen LogP contribution in [0, 0.1) is 0 Å². The average molecular weight is 288 g/mol. The summed E-state index contributed by atoms with van der Waals surface area (Å²) in [6.45, 7) is 0. The van der Waals surface area contributed by atoms with Crippen molar-refractivity contribution in [3.8, 4) is 16.9 Å². The molecule has 0 aliphatic rings. The summed E-state index contributed by atoms with van der Waals surface area (Å²) in [7, 11) is -0.335. The maximum absolute atomic E-state index is 8.91. The summed E-state index contributed by atoms with van der Waals surface area (Å²) in [5.41, 5.74) is 3.75. The molecule has 0 atom stereocenters. The molecule has 3 aromatic carbocycles. The Kier molecular flexibility index (Phi) is 3.09. The molecular weight excluding hydrogens is 275 g/mol. The van der Waals surface area contributed by atoms with E-state index in [0.29, 0.717) is 5.75 Å². The summed E-state index contributed by atoms with van der Waals surface area (Å²) >= 11 is 0. The second-order valence-corrected chi connectivity index (χ2v) is 5.08. The Hall–Kier alpha value is -2.72. The van der Waals surface area contributed by atoms with Gasteiger partial charge in [-0.2, -0.15) is 0 Å². The van der Waals surface area contributed by atoms with E-state index in [-0.39, 0.29) is 7.69 Å². The fourth-order valence-electron chi connectivity index (χ4n) is 2.80. The van der Waals surface area contributed by atoms with Gasteiger partial charge in [0.2, 0.25) is 0 Å². The highest BCUT2D eigenvalue weighted by molar-refractivity contribution is 6.17. The molecule has 106 valence electrons. The minimum absolute atomic E-state index is 0.335. The Morgan fingerprint density at radius 3 is 2.59 bits per heavy atom. The van der Waals surface area contributed by atoms with E-state index in [9.17, 15) is 0 Å². The molecule has 0 bridgehead atoms. The number of furan rings is 1. The van der Waals surface area contributed by atoms with Gasteiger partial charge in [-0.1, -0.05) is 48.5 Å². The van der Waals surface area contributed by atoms with Crippen molar-refractivity contribution in [2.45, 2.75) is 0 Å². The van der Waals surface area contributed by atoms with E-state index in [0.717, 1.165) is 33.1 Å². The molecule has 3 nitrogen and oxygen atoms in total. The van der Waals surface area contributed by atoms with Crippen molar-refractivity contribution in [1.29, 1.82) is 0 Å². The third-order valence-electron chi connectivity index (χ3n) is 3.78. The predicted molar refractivity (Wildman–Crippen MR) is 89.2 cm³/mol. The van der Waals surface area contributed by atoms with Crippen LogP contribution in [0.3, 0.4) is 0 Å². The fourth-order valence-corrected chi connectivity index (χ4v) is 2.80. The molecule has 4 heteroatoms. The predicted octanol–water partition coefficient (Wildman–Crippen LogP) is 3.89. The SMILES string of the molecule is OBOc1cccc(-c2cccc3c2oc2ccccc23)c1. The average Bonchev–Trinajstić information content (AvgIpc) is 2.94. The van der Waals surface area contributed by atoms with Gasteiger partial charge >= 0.3 is 7.69 Å². The summed E-state index contributed by atoms with van der Waals surface area (Å²) in [4.78, 5) is 0. The Morgan fingerprint density at radius 2 is 1.68 bits per heavy atom. The maximum atomic E-state index is 8.91. The van der Waals surface area contributed by atoms with Crippen molar-refractivity contribution in [1.82, 2.24) is 0 Å². The van der Waals surface area contributed by atoms with Gasteiger partial charge in [-0.3, -0.25) is 0 Å². The van der Waals surface area contributed by atoms with Gasteiger partial charge in [-0.15, -0.1) is 0 Å². The lowest BCUT2D eigenvalue weighted by molar-refractivity contribution is 0.454. The van der Waals surface area contributed by atoms with E-state index in [2.05, 4.69) is 12.1 Å². The first kappa shape index (κ1) is 13.0. The van der Waals surface area contributed by atoms with Crippen LogP contribution < -0.4 is 4.65 Å². The Bertz CT molecular complexity index is 959. The van der Waals surface area contributed by atoms with E-state index in [1.54, 1.807) is 0 Å². The van der Waals surface area contributed by atoms with Gasteiger partial charge < -0.3 is 14.1 Å². The Morgan fingerprint density at radius 1 is 0.864 bits per heavy atom. The topological polar surface area (TPSA) is 42.6 Å². The molecule has 0 amide bonds. The minimum atomic E-state index is -0.335. The molecule has 0 aliphatic heterocycles. The van der Waals surface area contributed by atoms with Crippen molar-refractivity contribution in [3.05, 3.63) is 66.7 Å². The van der Waals surface area contributed by atoms with E-state index >= 15 is 0 Å². The van der Waals surface area contributed by atoms with E-state index in [1.807, 2.05) is 54.6 Å². The van der Waals surface area contributed by atoms with Crippen LogP contribution >= 0.6 is 0 Å². The van der Waals surface area contributed by atoms with Crippen LogP contribution in [0.5, 0.6) is 5.75 Å². The van der Waals surface area contributed by atoms with Crippen molar-refractivity contribution in [2.24, 2.45) is 0 Å². The maximum Gasteiger partial charge on any atom is 0.504 e. The van der Waals surface area contributed by atoms with E-state index in [1.165, 1.54) is 0 Å². The first-order valence-corrected chi connectivity index (χ1v) is 7.11. The quantitative estimate of drug-likeness (QED) is 0.581. The van der Waals surface area contributed by atoms with Crippen LogP contribution in [0.4, 0.5) is 0 Å². The summed E-state index contributed by atoms with van der Waals surface area (Å²) in [5.74, 6) is 0.633. The zero-order chi connectivity index (χ0) is 14.9. The molecule has 0 spiro atoms.